The number of aromatic nitrogens is 3. The predicted octanol–water partition coefficient (Wildman–Crippen LogP) is 0.938. The lowest BCUT2D eigenvalue weighted by molar-refractivity contribution is -0.00873. The molecule has 1 aromatic rings. The molecule has 0 aliphatic heterocycles. The van der Waals surface area contributed by atoms with Crippen LogP contribution in [0.1, 0.15) is 37.0 Å². The molecule has 0 saturated carbocycles. The van der Waals surface area contributed by atoms with Crippen LogP contribution in [0.3, 0.4) is 0 Å². The number of rotatable bonds is 6. The van der Waals surface area contributed by atoms with Gasteiger partial charge in [0.2, 0.25) is 0 Å². The van der Waals surface area contributed by atoms with Crippen LogP contribution < -0.4 is 0 Å². The fourth-order valence-electron chi connectivity index (χ4n) is 1.40. The van der Waals surface area contributed by atoms with Gasteiger partial charge in [-0.2, -0.15) is 0 Å². The van der Waals surface area contributed by atoms with Gasteiger partial charge in [-0.15, -0.1) is 5.10 Å². The Morgan fingerprint density at radius 1 is 1.44 bits per heavy atom. The van der Waals surface area contributed by atoms with Gasteiger partial charge in [0.15, 0.2) is 5.69 Å². The Morgan fingerprint density at radius 3 is 2.61 bits per heavy atom. The van der Waals surface area contributed by atoms with E-state index in [0.29, 0.717) is 18.8 Å². The maximum absolute atomic E-state index is 10.9. The van der Waals surface area contributed by atoms with Gasteiger partial charge >= 0.3 is 5.97 Å². The molecule has 7 nitrogen and oxygen atoms in total. The van der Waals surface area contributed by atoms with E-state index in [2.05, 4.69) is 10.3 Å². The fourth-order valence-corrected chi connectivity index (χ4v) is 1.40. The zero-order valence-corrected chi connectivity index (χ0v) is 11.1. The van der Waals surface area contributed by atoms with Gasteiger partial charge in [0.25, 0.3) is 0 Å². The highest BCUT2D eigenvalue weighted by atomic mass is 16.5. The van der Waals surface area contributed by atoms with Crippen molar-refractivity contribution in [3.8, 4) is 0 Å². The SMILES string of the molecule is COCc1c(C(=O)O)nnn1CCOC(C)(C)C. The molecule has 1 aromatic heterocycles. The van der Waals surface area contributed by atoms with Crippen molar-refractivity contribution in [1.29, 1.82) is 0 Å². The standard InChI is InChI=1S/C11H19N3O4/c1-11(2,3)18-6-5-14-8(7-17-4)9(10(15)16)12-13-14/h5-7H2,1-4H3,(H,15,16). The molecule has 0 aliphatic carbocycles. The van der Waals surface area contributed by atoms with Crippen LogP contribution >= 0.6 is 0 Å². The summed E-state index contributed by atoms with van der Waals surface area (Å²) >= 11 is 0. The molecule has 0 spiro atoms. The van der Waals surface area contributed by atoms with Crippen LogP contribution in [-0.4, -0.2) is 45.4 Å². The Labute approximate surface area is 106 Å². The molecular formula is C11H19N3O4. The second-order valence-corrected chi connectivity index (χ2v) is 4.81. The average molecular weight is 257 g/mol. The lowest BCUT2D eigenvalue weighted by Crippen LogP contribution is -2.23. The molecule has 0 unspecified atom stereocenters. The quantitative estimate of drug-likeness (QED) is 0.816. The lowest BCUT2D eigenvalue weighted by Gasteiger charge is -2.19. The number of methoxy groups -OCH3 is 1. The number of carboxylic acids is 1. The molecule has 0 atom stereocenters. The third-order valence-corrected chi connectivity index (χ3v) is 2.16. The molecule has 0 saturated heterocycles. The van der Waals surface area contributed by atoms with Crippen LogP contribution in [0.25, 0.3) is 0 Å². The van der Waals surface area contributed by atoms with Crippen LogP contribution in [-0.2, 0) is 22.6 Å². The van der Waals surface area contributed by atoms with Crippen LogP contribution in [0, 0.1) is 0 Å². The van der Waals surface area contributed by atoms with Gasteiger partial charge in [0.1, 0.15) is 0 Å². The van der Waals surface area contributed by atoms with Gasteiger partial charge in [0, 0.05) is 7.11 Å². The Kier molecular flexibility index (Phi) is 4.80. The van der Waals surface area contributed by atoms with Crippen molar-refractivity contribution in [2.75, 3.05) is 13.7 Å². The van der Waals surface area contributed by atoms with E-state index >= 15 is 0 Å². The minimum absolute atomic E-state index is 0.0763. The smallest absolute Gasteiger partial charge is 0.358 e. The van der Waals surface area contributed by atoms with E-state index in [1.165, 1.54) is 11.8 Å². The molecule has 1 heterocycles. The number of carbonyl (C=O) groups is 1. The van der Waals surface area contributed by atoms with Gasteiger partial charge < -0.3 is 14.6 Å². The summed E-state index contributed by atoms with van der Waals surface area (Å²) < 4.78 is 12.0. The number of hydrogen-bond acceptors (Lipinski definition) is 5. The topological polar surface area (TPSA) is 86.5 Å². The molecule has 18 heavy (non-hydrogen) atoms. The summed E-state index contributed by atoms with van der Waals surface area (Å²) in [6, 6.07) is 0. The Balaban J connectivity index is 2.73. The normalized spacial score (nSPS) is 11.8. The number of hydrogen-bond donors (Lipinski definition) is 1. The molecule has 0 bridgehead atoms. The first kappa shape index (κ1) is 14.6. The van der Waals surface area contributed by atoms with Gasteiger partial charge in [-0.25, -0.2) is 9.48 Å². The van der Waals surface area contributed by atoms with Crippen LogP contribution in [0.5, 0.6) is 0 Å². The van der Waals surface area contributed by atoms with Gasteiger partial charge in [-0.05, 0) is 20.8 Å². The number of carboxylic acid groups (broad SMARTS) is 1. The maximum Gasteiger partial charge on any atom is 0.358 e. The van der Waals surface area contributed by atoms with Crippen molar-refractivity contribution in [3.63, 3.8) is 0 Å². The predicted molar refractivity (Wildman–Crippen MR) is 63.4 cm³/mol. The van der Waals surface area contributed by atoms with Crippen LogP contribution in [0.4, 0.5) is 0 Å². The first-order chi connectivity index (χ1) is 8.35. The van der Waals surface area contributed by atoms with Gasteiger partial charge in [-0.1, -0.05) is 5.21 Å². The summed E-state index contributed by atoms with van der Waals surface area (Å²) in [6.07, 6.45) is 0. The molecule has 0 radical (unpaired) electrons. The molecule has 0 aliphatic rings. The summed E-state index contributed by atoms with van der Waals surface area (Å²) in [4.78, 5) is 10.9. The monoisotopic (exact) mass is 257 g/mol. The Morgan fingerprint density at radius 2 is 2.11 bits per heavy atom. The van der Waals surface area contributed by atoms with E-state index in [9.17, 15) is 4.79 Å². The minimum Gasteiger partial charge on any atom is -0.476 e. The highest BCUT2D eigenvalue weighted by Crippen LogP contribution is 2.09. The average Bonchev–Trinajstić information content (AvgIpc) is 2.60. The van der Waals surface area contributed by atoms with Crippen molar-refractivity contribution in [2.45, 2.75) is 39.5 Å². The molecule has 1 N–H and O–H groups in total. The van der Waals surface area contributed by atoms with Crippen molar-refractivity contribution in [3.05, 3.63) is 11.4 Å². The van der Waals surface area contributed by atoms with E-state index in [0.717, 1.165) is 0 Å². The summed E-state index contributed by atoms with van der Waals surface area (Å²) in [7, 11) is 1.49. The molecule has 7 heteroatoms. The summed E-state index contributed by atoms with van der Waals surface area (Å²) in [6.45, 7) is 6.89. The van der Waals surface area contributed by atoms with Crippen molar-refractivity contribution in [2.24, 2.45) is 0 Å². The highest BCUT2D eigenvalue weighted by Gasteiger charge is 2.19. The van der Waals surface area contributed by atoms with Gasteiger partial charge in [0.05, 0.1) is 31.1 Å². The first-order valence-corrected chi connectivity index (χ1v) is 5.63. The molecule has 1 rings (SSSR count). The maximum atomic E-state index is 10.9. The summed E-state index contributed by atoms with van der Waals surface area (Å²) in [5.74, 6) is -1.11. The fraction of sp³-hybridized carbons (Fsp3) is 0.727. The van der Waals surface area contributed by atoms with Crippen molar-refractivity contribution >= 4 is 5.97 Å². The summed E-state index contributed by atoms with van der Waals surface area (Å²) in [5, 5.41) is 16.4. The van der Waals surface area contributed by atoms with E-state index in [1.807, 2.05) is 20.8 Å². The number of nitrogens with zero attached hydrogens (tertiary/aromatic N) is 3. The molecule has 102 valence electrons. The van der Waals surface area contributed by atoms with Gasteiger partial charge in [-0.3, -0.25) is 0 Å². The second kappa shape index (κ2) is 5.92. The third-order valence-electron chi connectivity index (χ3n) is 2.16. The van der Waals surface area contributed by atoms with E-state index in [-0.39, 0.29) is 17.9 Å². The zero-order chi connectivity index (χ0) is 13.8. The zero-order valence-electron chi connectivity index (χ0n) is 11.1. The molecular weight excluding hydrogens is 238 g/mol. The van der Waals surface area contributed by atoms with Crippen molar-refractivity contribution < 1.29 is 19.4 Å². The van der Waals surface area contributed by atoms with E-state index < -0.39 is 5.97 Å². The lowest BCUT2D eigenvalue weighted by atomic mass is 10.2. The van der Waals surface area contributed by atoms with Crippen molar-refractivity contribution in [1.82, 2.24) is 15.0 Å². The molecule has 0 aromatic carbocycles. The molecule has 0 fully saturated rings. The van der Waals surface area contributed by atoms with E-state index in [1.54, 1.807) is 0 Å². The second-order valence-electron chi connectivity index (χ2n) is 4.81. The molecule has 0 amide bonds. The third kappa shape index (κ3) is 4.08. The van der Waals surface area contributed by atoms with E-state index in [4.69, 9.17) is 14.6 Å². The largest absolute Gasteiger partial charge is 0.476 e. The summed E-state index contributed by atoms with van der Waals surface area (Å²) in [5.41, 5.74) is 0.132. The highest BCUT2D eigenvalue weighted by molar-refractivity contribution is 5.86. The Hall–Kier alpha value is -1.47. The number of ether oxygens (including phenoxy) is 2. The van der Waals surface area contributed by atoms with Crippen LogP contribution in [0.15, 0.2) is 0 Å². The number of aromatic carboxylic acids is 1. The minimum atomic E-state index is -1.11. The Bertz CT molecular complexity index is 409. The van der Waals surface area contributed by atoms with Crippen LogP contribution in [0.2, 0.25) is 0 Å². The first-order valence-electron chi connectivity index (χ1n) is 5.63.